The summed E-state index contributed by atoms with van der Waals surface area (Å²) in [5.74, 6) is -0.00479. The van der Waals surface area contributed by atoms with E-state index < -0.39 is 17.9 Å². The first-order valence-corrected chi connectivity index (χ1v) is 3.57. The summed E-state index contributed by atoms with van der Waals surface area (Å²) in [6.07, 6.45) is -3.39. The van der Waals surface area contributed by atoms with Gasteiger partial charge in [0.05, 0.1) is 6.04 Å². The van der Waals surface area contributed by atoms with Gasteiger partial charge in [-0.05, 0) is 13.0 Å². The molecule has 2 N–H and O–H groups in total. The molecule has 1 atom stereocenters. The van der Waals surface area contributed by atoms with E-state index in [1.807, 2.05) is 0 Å². The van der Waals surface area contributed by atoms with Crippen molar-refractivity contribution in [1.29, 1.82) is 0 Å². The number of alkyl halides is 3. The van der Waals surface area contributed by atoms with Gasteiger partial charge in [-0.15, -0.1) is 12.4 Å². The molecule has 80 valence electrons. The van der Waals surface area contributed by atoms with Crippen LogP contribution >= 0.6 is 12.4 Å². The second kappa shape index (κ2) is 4.56. The molecule has 14 heavy (non-hydrogen) atoms. The first-order chi connectivity index (χ1) is 5.91. The van der Waals surface area contributed by atoms with Gasteiger partial charge in [-0.1, -0.05) is 0 Å². The number of nitrogens with two attached hydrogens (primary N) is 1. The maximum absolute atomic E-state index is 12.1. The molecule has 1 rings (SSSR count). The number of halogens is 4. The molecular weight excluding hydrogens is 219 g/mol. The van der Waals surface area contributed by atoms with E-state index >= 15 is 0 Å². The molecule has 0 bridgehead atoms. The van der Waals surface area contributed by atoms with E-state index in [4.69, 9.17) is 5.73 Å². The number of hydrogen-bond donors (Lipinski definition) is 1. The highest BCUT2D eigenvalue weighted by molar-refractivity contribution is 5.85. The zero-order chi connectivity index (χ0) is 10.1. The van der Waals surface area contributed by atoms with Crippen molar-refractivity contribution in [2.75, 3.05) is 0 Å². The van der Waals surface area contributed by atoms with Gasteiger partial charge in [-0.25, -0.2) is 9.97 Å². The third-order valence-electron chi connectivity index (χ3n) is 1.37. The Kier molecular flexibility index (Phi) is 4.28. The predicted molar refractivity (Wildman–Crippen MR) is 46.9 cm³/mol. The summed E-state index contributed by atoms with van der Waals surface area (Å²) in [5, 5.41) is 0. The lowest BCUT2D eigenvalue weighted by Gasteiger charge is -2.08. The highest BCUT2D eigenvalue weighted by Crippen LogP contribution is 2.27. The van der Waals surface area contributed by atoms with Crippen LogP contribution in [0.3, 0.4) is 0 Å². The minimum atomic E-state index is -4.44. The molecule has 1 unspecified atom stereocenters. The van der Waals surface area contributed by atoms with Crippen molar-refractivity contribution in [2.24, 2.45) is 5.73 Å². The van der Waals surface area contributed by atoms with Crippen LogP contribution in [0.5, 0.6) is 0 Å². The van der Waals surface area contributed by atoms with E-state index in [2.05, 4.69) is 9.97 Å². The average molecular weight is 228 g/mol. The van der Waals surface area contributed by atoms with Gasteiger partial charge in [0.15, 0.2) is 0 Å². The molecule has 0 aliphatic heterocycles. The van der Waals surface area contributed by atoms with Crippen molar-refractivity contribution in [3.63, 3.8) is 0 Å². The SMILES string of the molecule is CC(N)c1nccc(C(F)(F)F)n1.Cl. The van der Waals surface area contributed by atoms with Crippen LogP contribution in [0.2, 0.25) is 0 Å². The Morgan fingerprint density at radius 1 is 1.43 bits per heavy atom. The lowest BCUT2D eigenvalue weighted by molar-refractivity contribution is -0.141. The molecule has 1 aromatic rings. The Morgan fingerprint density at radius 2 is 2.00 bits per heavy atom. The molecule has 1 heterocycles. The van der Waals surface area contributed by atoms with E-state index in [1.54, 1.807) is 0 Å². The highest BCUT2D eigenvalue weighted by atomic mass is 35.5. The molecule has 1 aromatic heterocycles. The molecule has 0 spiro atoms. The summed E-state index contributed by atoms with van der Waals surface area (Å²) in [5.41, 5.74) is 4.37. The predicted octanol–water partition coefficient (Wildman–Crippen LogP) is 1.94. The summed E-state index contributed by atoms with van der Waals surface area (Å²) in [7, 11) is 0. The Morgan fingerprint density at radius 3 is 2.43 bits per heavy atom. The minimum Gasteiger partial charge on any atom is -0.322 e. The third kappa shape index (κ3) is 3.12. The lowest BCUT2D eigenvalue weighted by atomic mass is 10.3. The lowest BCUT2D eigenvalue weighted by Crippen LogP contribution is -2.15. The standard InChI is InChI=1S/C7H8F3N3.ClH/c1-4(11)6-12-3-2-5(13-6)7(8,9)10;/h2-4H,11H2,1H3;1H. The van der Waals surface area contributed by atoms with E-state index in [0.29, 0.717) is 0 Å². The van der Waals surface area contributed by atoms with Gasteiger partial charge in [0.2, 0.25) is 0 Å². The second-order valence-corrected chi connectivity index (χ2v) is 2.59. The molecule has 7 heteroatoms. The fourth-order valence-electron chi connectivity index (χ4n) is 0.751. The van der Waals surface area contributed by atoms with Crippen molar-refractivity contribution >= 4 is 12.4 Å². The van der Waals surface area contributed by atoms with Crippen molar-refractivity contribution < 1.29 is 13.2 Å². The quantitative estimate of drug-likeness (QED) is 0.798. The Labute approximate surface area is 85.0 Å². The van der Waals surface area contributed by atoms with E-state index in [9.17, 15) is 13.2 Å². The maximum Gasteiger partial charge on any atom is 0.433 e. The minimum absolute atomic E-state index is 0. The van der Waals surface area contributed by atoms with Crippen LogP contribution in [0.4, 0.5) is 13.2 Å². The second-order valence-electron chi connectivity index (χ2n) is 2.59. The van der Waals surface area contributed by atoms with Crippen LogP contribution in [0.15, 0.2) is 12.3 Å². The van der Waals surface area contributed by atoms with Crippen molar-refractivity contribution in [2.45, 2.75) is 19.1 Å². The topological polar surface area (TPSA) is 51.8 Å². The number of nitrogens with zero attached hydrogens (tertiary/aromatic N) is 2. The largest absolute Gasteiger partial charge is 0.433 e. The van der Waals surface area contributed by atoms with Crippen LogP contribution < -0.4 is 5.73 Å². The van der Waals surface area contributed by atoms with Crippen LogP contribution in [-0.4, -0.2) is 9.97 Å². The Bertz CT molecular complexity index is 300. The fraction of sp³-hybridized carbons (Fsp3) is 0.429. The van der Waals surface area contributed by atoms with Gasteiger partial charge in [-0.3, -0.25) is 0 Å². The van der Waals surface area contributed by atoms with Gasteiger partial charge in [0, 0.05) is 6.20 Å². The molecule has 0 aliphatic carbocycles. The zero-order valence-electron chi connectivity index (χ0n) is 7.25. The van der Waals surface area contributed by atoms with Crippen molar-refractivity contribution in [1.82, 2.24) is 9.97 Å². The first kappa shape index (κ1) is 13.1. The first-order valence-electron chi connectivity index (χ1n) is 3.57. The molecule has 0 aliphatic rings. The molecule has 0 fully saturated rings. The number of hydrogen-bond acceptors (Lipinski definition) is 3. The summed E-state index contributed by atoms with van der Waals surface area (Å²) in [6, 6.07) is 0.216. The van der Waals surface area contributed by atoms with E-state index in [-0.39, 0.29) is 18.2 Å². The van der Waals surface area contributed by atoms with Gasteiger partial charge in [0.25, 0.3) is 0 Å². The molecular formula is C7H9ClF3N3. The summed E-state index contributed by atoms with van der Waals surface area (Å²) in [6.45, 7) is 1.52. The Balaban J connectivity index is 0.00000169. The zero-order valence-corrected chi connectivity index (χ0v) is 8.06. The molecule has 0 saturated heterocycles. The van der Waals surface area contributed by atoms with Crippen LogP contribution in [-0.2, 0) is 6.18 Å². The average Bonchev–Trinajstić information content (AvgIpc) is 2.03. The van der Waals surface area contributed by atoms with Crippen molar-refractivity contribution in [3.05, 3.63) is 23.8 Å². The van der Waals surface area contributed by atoms with E-state index in [0.717, 1.165) is 12.3 Å². The molecule has 0 saturated carbocycles. The van der Waals surface area contributed by atoms with Gasteiger partial charge >= 0.3 is 6.18 Å². The normalized spacial score (nSPS) is 13.2. The van der Waals surface area contributed by atoms with Crippen molar-refractivity contribution in [3.8, 4) is 0 Å². The van der Waals surface area contributed by atoms with Crippen LogP contribution in [0, 0.1) is 0 Å². The number of aromatic nitrogens is 2. The summed E-state index contributed by atoms with van der Waals surface area (Å²) < 4.78 is 36.3. The van der Waals surface area contributed by atoms with Crippen LogP contribution in [0.25, 0.3) is 0 Å². The molecule has 0 aromatic carbocycles. The fourth-order valence-corrected chi connectivity index (χ4v) is 0.751. The Hall–Kier alpha value is -0.880. The maximum atomic E-state index is 12.1. The summed E-state index contributed by atoms with van der Waals surface area (Å²) in [4.78, 5) is 6.90. The van der Waals surface area contributed by atoms with Gasteiger partial charge in [0.1, 0.15) is 11.5 Å². The van der Waals surface area contributed by atoms with E-state index in [1.165, 1.54) is 6.92 Å². The highest BCUT2D eigenvalue weighted by Gasteiger charge is 2.32. The smallest absolute Gasteiger partial charge is 0.322 e. The van der Waals surface area contributed by atoms with Gasteiger partial charge < -0.3 is 5.73 Å². The summed E-state index contributed by atoms with van der Waals surface area (Å²) >= 11 is 0. The number of rotatable bonds is 1. The monoisotopic (exact) mass is 227 g/mol. The molecule has 0 amide bonds. The molecule has 3 nitrogen and oxygen atoms in total. The third-order valence-corrected chi connectivity index (χ3v) is 1.37. The van der Waals surface area contributed by atoms with Gasteiger partial charge in [-0.2, -0.15) is 13.2 Å². The molecule has 0 radical (unpaired) electrons. The van der Waals surface area contributed by atoms with Crippen LogP contribution in [0.1, 0.15) is 24.5 Å².